The Balaban J connectivity index is 2.43. The molecule has 5 nitrogen and oxygen atoms in total. The van der Waals surface area contributed by atoms with Crippen molar-refractivity contribution in [2.45, 2.75) is 97.1 Å². The van der Waals surface area contributed by atoms with Crippen LogP contribution in [0.25, 0.3) is 0 Å². The predicted molar refractivity (Wildman–Crippen MR) is 96.9 cm³/mol. The molecule has 2 amide bonds. The first-order chi connectivity index (χ1) is 11.3. The molecule has 1 rings (SSSR count). The van der Waals surface area contributed by atoms with Crippen molar-refractivity contribution in [3.63, 3.8) is 0 Å². The molecule has 1 aliphatic rings. The first-order valence-electron chi connectivity index (χ1n) is 9.50. The zero-order valence-electron chi connectivity index (χ0n) is 16.0. The Morgan fingerprint density at radius 2 is 1.54 bits per heavy atom. The molecule has 2 unspecified atom stereocenters. The molecule has 1 aliphatic carbocycles. The molecule has 24 heavy (non-hydrogen) atoms. The van der Waals surface area contributed by atoms with Crippen LogP contribution < -0.4 is 10.6 Å². The number of ether oxygens (including phenoxy) is 1. The lowest BCUT2D eigenvalue weighted by molar-refractivity contribution is -0.119. The van der Waals surface area contributed by atoms with Gasteiger partial charge in [0.1, 0.15) is 5.60 Å². The summed E-state index contributed by atoms with van der Waals surface area (Å²) in [6, 6.07) is 0.306. The third-order valence-corrected chi connectivity index (χ3v) is 4.42. The molecule has 0 aromatic carbocycles. The van der Waals surface area contributed by atoms with E-state index >= 15 is 0 Å². The van der Waals surface area contributed by atoms with Gasteiger partial charge >= 0.3 is 6.09 Å². The molecule has 2 atom stereocenters. The zero-order valence-corrected chi connectivity index (χ0v) is 16.0. The third kappa shape index (κ3) is 10.5. The van der Waals surface area contributed by atoms with E-state index in [2.05, 4.69) is 10.6 Å². The maximum absolute atomic E-state index is 11.8. The minimum atomic E-state index is -0.454. The van der Waals surface area contributed by atoms with Gasteiger partial charge in [0, 0.05) is 19.5 Å². The molecule has 5 heteroatoms. The Bertz CT molecular complexity index is 391. The van der Waals surface area contributed by atoms with E-state index in [0.29, 0.717) is 18.5 Å². The largest absolute Gasteiger partial charge is 0.444 e. The van der Waals surface area contributed by atoms with Gasteiger partial charge in [-0.15, -0.1) is 0 Å². The number of carbonyl (C=O) groups is 2. The lowest BCUT2D eigenvalue weighted by Crippen LogP contribution is -2.35. The van der Waals surface area contributed by atoms with Gasteiger partial charge in [0.25, 0.3) is 0 Å². The lowest BCUT2D eigenvalue weighted by atomic mass is 9.95. The van der Waals surface area contributed by atoms with Crippen molar-refractivity contribution in [1.82, 2.24) is 10.6 Å². The maximum Gasteiger partial charge on any atom is 0.407 e. The van der Waals surface area contributed by atoms with E-state index in [1.165, 1.54) is 25.7 Å². The van der Waals surface area contributed by atoms with Gasteiger partial charge in [0.15, 0.2) is 0 Å². The van der Waals surface area contributed by atoms with E-state index in [1.807, 2.05) is 20.8 Å². The van der Waals surface area contributed by atoms with Crippen molar-refractivity contribution in [2.75, 3.05) is 6.54 Å². The second kappa shape index (κ2) is 10.6. The predicted octanol–water partition coefficient (Wildman–Crippen LogP) is 4.16. The first kappa shape index (κ1) is 20.8. The summed E-state index contributed by atoms with van der Waals surface area (Å²) >= 11 is 0. The third-order valence-electron chi connectivity index (χ3n) is 4.42. The van der Waals surface area contributed by atoms with Gasteiger partial charge in [0.2, 0.25) is 5.91 Å². The standard InChI is InChI=1S/C19H36N2O3/c1-15(22)21-17-12-8-6-5-7-10-16(11-9-13-17)14-20-18(23)24-19(2,3)4/h16-17H,5-14H2,1-4H3,(H,20,23)(H,21,22). The van der Waals surface area contributed by atoms with Crippen molar-refractivity contribution < 1.29 is 14.3 Å². The second-order valence-corrected chi connectivity index (χ2v) is 8.07. The smallest absolute Gasteiger partial charge is 0.407 e. The number of hydrogen-bond donors (Lipinski definition) is 2. The highest BCUT2D eigenvalue weighted by Crippen LogP contribution is 2.21. The number of rotatable bonds is 3. The van der Waals surface area contributed by atoms with Crippen LogP contribution in [-0.4, -0.2) is 30.2 Å². The van der Waals surface area contributed by atoms with Crippen LogP contribution in [0.1, 0.15) is 85.5 Å². The molecule has 140 valence electrons. The van der Waals surface area contributed by atoms with E-state index in [0.717, 1.165) is 32.1 Å². The molecule has 0 spiro atoms. The summed E-state index contributed by atoms with van der Waals surface area (Å²) in [5, 5.41) is 6.00. The molecule has 0 bridgehead atoms. The van der Waals surface area contributed by atoms with Crippen LogP contribution in [0.5, 0.6) is 0 Å². The van der Waals surface area contributed by atoms with Gasteiger partial charge in [-0.3, -0.25) is 4.79 Å². The highest BCUT2D eigenvalue weighted by atomic mass is 16.6. The first-order valence-corrected chi connectivity index (χ1v) is 9.50. The molecular formula is C19H36N2O3. The van der Waals surface area contributed by atoms with Gasteiger partial charge in [-0.25, -0.2) is 4.79 Å². The molecule has 0 heterocycles. The van der Waals surface area contributed by atoms with Crippen molar-refractivity contribution >= 4 is 12.0 Å². The van der Waals surface area contributed by atoms with Gasteiger partial charge in [-0.05, 0) is 52.4 Å². The summed E-state index contributed by atoms with van der Waals surface area (Å²) in [6.45, 7) is 7.91. The van der Waals surface area contributed by atoms with E-state index in [4.69, 9.17) is 4.74 Å². The fraction of sp³-hybridized carbons (Fsp3) is 0.895. The molecule has 0 aromatic heterocycles. The summed E-state index contributed by atoms with van der Waals surface area (Å²) < 4.78 is 5.31. The Kier molecular flexibility index (Phi) is 9.16. The number of alkyl carbamates (subject to hydrolysis) is 1. The number of nitrogens with one attached hydrogen (secondary N) is 2. The summed E-state index contributed by atoms with van der Waals surface area (Å²) in [4.78, 5) is 23.1. The molecule has 0 saturated heterocycles. The molecule has 0 aromatic rings. The summed E-state index contributed by atoms with van der Waals surface area (Å²) in [5.74, 6) is 0.562. The minimum Gasteiger partial charge on any atom is -0.444 e. The number of carbonyl (C=O) groups excluding carboxylic acids is 2. The van der Waals surface area contributed by atoms with Crippen LogP contribution in [0.3, 0.4) is 0 Å². The van der Waals surface area contributed by atoms with Crippen molar-refractivity contribution in [3.8, 4) is 0 Å². The fourth-order valence-electron chi connectivity index (χ4n) is 3.30. The van der Waals surface area contributed by atoms with Crippen LogP contribution in [0.15, 0.2) is 0 Å². The van der Waals surface area contributed by atoms with Crippen LogP contribution >= 0.6 is 0 Å². The van der Waals surface area contributed by atoms with Crippen molar-refractivity contribution in [2.24, 2.45) is 5.92 Å². The molecule has 1 fully saturated rings. The SMILES string of the molecule is CC(=O)NC1CCCCCCC(CNC(=O)OC(C)(C)C)CCC1. The normalized spacial score (nSPS) is 23.7. The van der Waals surface area contributed by atoms with Crippen LogP contribution in [0.2, 0.25) is 0 Å². The van der Waals surface area contributed by atoms with Crippen LogP contribution in [-0.2, 0) is 9.53 Å². The maximum atomic E-state index is 11.8. The Morgan fingerprint density at radius 1 is 0.958 bits per heavy atom. The molecule has 0 radical (unpaired) electrons. The van der Waals surface area contributed by atoms with Gasteiger partial charge in [-0.2, -0.15) is 0 Å². The van der Waals surface area contributed by atoms with Gasteiger partial charge in [0.05, 0.1) is 0 Å². The van der Waals surface area contributed by atoms with Crippen LogP contribution in [0, 0.1) is 5.92 Å². The van der Waals surface area contributed by atoms with Crippen molar-refractivity contribution in [3.05, 3.63) is 0 Å². The number of hydrogen-bond acceptors (Lipinski definition) is 3. The van der Waals surface area contributed by atoms with Gasteiger partial charge < -0.3 is 15.4 Å². The van der Waals surface area contributed by atoms with E-state index < -0.39 is 5.60 Å². The summed E-state index contributed by atoms with van der Waals surface area (Å²) in [5.41, 5.74) is -0.454. The topological polar surface area (TPSA) is 67.4 Å². The quantitative estimate of drug-likeness (QED) is 0.811. The second-order valence-electron chi connectivity index (χ2n) is 8.07. The number of amides is 2. The van der Waals surface area contributed by atoms with E-state index in [9.17, 15) is 9.59 Å². The molecule has 0 aliphatic heterocycles. The Hall–Kier alpha value is -1.26. The highest BCUT2D eigenvalue weighted by molar-refractivity contribution is 5.73. The minimum absolute atomic E-state index is 0.0676. The molecule has 2 N–H and O–H groups in total. The van der Waals surface area contributed by atoms with Gasteiger partial charge in [-0.1, -0.05) is 32.1 Å². The zero-order chi connectivity index (χ0) is 18.0. The summed E-state index contributed by atoms with van der Waals surface area (Å²) in [6.07, 6.45) is 9.98. The van der Waals surface area contributed by atoms with E-state index in [1.54, 1.807) is 6.92 Å². The van der Waals surface area contributed by atoms with Crippen LogP contribution in [0.4, 0.5) is 4.79 Å². The Labute approximate surface area is 147 Å². The highest BCUT2D eigenvalue weighted by Gasteiger charge is 2.18. The molecular weight excluding hydrogens is 304 g/mol. The van der Waals surface area contributed by atoms with E-state index in [-0.39, 0.29) is 12.0 Å². The Morgan fingerprint density at radius 3 is 2.17 bits per heavy atom. The summed E-state index contributed by atoms with van der Waals surface area (Å²) in [7, 11) is 0. The fourth-order valence-corrected chi connectivity index (χ4v) is 3.30. The monoisotopic (exact) mass is 340 g/mol. The average Bonchev–Trinajstić information content (AvgIpc) is 2.48. The lowest BCUT2D eigenvalue weighted by Gasteiger charge is -2.22. The molecule has 1 saturated carbocycles. The van der Waals surface area contributed by atoms with Crippen molar-refractivity contribution in [1.29, 1.82) is 0 Å². The average molecular weight is 341 g/mol.